The molecule has 1 aliphatic rings. The first-order valence-electron chi connectivity index (χ1n) is 8.54. The Morgan fingerprint density at radius 1 is 1.04 bits per heavy atom. The number of rotatable bonds is 4. The number of cyclic esters (lactones) is 1. The Balaban J connectivity index is 1.62. The van der Waals surface area contributed by atoms with Crippen molar-refractivity contribution >= 4 is 23.9 Å². The van der Waals surface area contributed by atoms with E-state index in [4.69, 9.17) is 13.9 Å². The SMILES string of the molecule is Cc1ccc(C2=N/C(=C/c3ccccc3OC(=O)c3ccco3)C(=O)O2)cc1. The quantitative estimate of drug-likeness (QED) is 0.390. The van der Waals surface area contributed by atoms with E-state index >= 15 is 0 Å². The lowest BCUT2D eigenvalue weighted by atomic mass is 10.1. The third-order valence-electron chi connectivity index (χ3n) is 4.06. The maximum Gasteiger partial charge on any atom is 0.379 e. The number of carbonyl (C=O) groups excluding carboxylic acids is 2. The van der Waals surface area contributed by atoms with Crippen molar-refractivity contribution in [3.05, 3.63) is 95.1 Å². The Hall–Kier alpha value is -3.93. The highest BCUT2D eigenvalue weighted by Gasteiger charge is 2.24. The lowest BCUT2D eigenvalue weighted by molar-refractivity contribution is -0.129. The smallest absolute Gasteiger partial charge is 0.379 e. The zero-order valence-corrected chi connectivity index (χ0v) is 14.9. The van der Waals surface area contributed by atoms with Crippen LogP contribution in [0.1, 0.15) is 27.2 Å². The van der Waals surface area contributed by atoms with Gasteiger partial charge in [0.15, 0.2) is 5.70 Å². The van der Waals surface area contributed by atoms with Crippen LogP contribution in [0.25, 0.3) is 6.08 Å². The number of esters is 2. The van der Waals surface area contributed by atoms with E-state index in [9.17, 15) is 9.59 Å². The number of furan rings is 1. The van der Waals surface area contributed by atoms with E-state index in [2.05, 4.69) is 4.99 Å². The molecule has 2 aromatic carbocycles. The van der Waals surface area contributed by atoms with Gasteiger partial charge in [0, 0.05) is 11.1 Å². The molecule has 0 aliphatic carbocycles. The lowest BCUT2D eigenvalue weighted by Crippen LogP contribution is -2.08. The summed E-state index contributed by atoms with van der Waals surface area (Å²) >= 11 is 0. The Labute approximate surface area is 160 Å². The van der Waals surface area contributed by atoms with Crippen LogP contribution in [0, 0.1) is 6.92 Å². The van der Waals surface area contributed by atoms with Gasteiger partial charge in [0.1, 0.15) is 5.75 Å². The predicted molar refractivity (Wildman–Crippen MR) is 102 cm³/mol. The fourth-order valence-corrected chi connectivity index (χ4v) is 2.61. The van der Waals surface area contributed by atoms with Gasteiger partial charge in [-0.15, -0.1) is 0 Å². The summed E-state index contributed by atoms with van der Waals surface area (Å²) in [5, 5.41) is 0. The average molecular weight is 373 g/mol. The molecular weight excluding hydrogens is 358 g/mol. The first-order chi connectivity index (χ1) is 13.6. The molecule has 0 atom stereocenters. The molecule has 1 aliphatic heterocycles. The summed E-state index contributed by atoms with van der Waals surface area (Å²) in [7, 11) is 0. The van der Waals surface area contributed by atoms with Crippen LogP contribution < -0.4 is 4.74 Å². The fraction of sp³-hybridized carbons (Fsp3) is 0.0455. The monoisotopic (exact) mass is 373 g/mol. The summed E-state index contributed by atoms with van der Waals surface area (Å²) in [6.07, 6.45) is 2.91. The molecule has 0 saturated heterocycles. The third-order valence-corrected chi connectivity index (χ3v) is 4.06. The molecular formula is C22H15NO5. The van der Waals surface area contributed by atoms with E-state index in [1.807, 2.05) is 31.2 Å². The highest BCUT2D eigenvalue weighted by atomic mass is 16.6. The van der Waals surface area contributed by atoms with Gasteiger partial charge in [0.25, 0.3) is 0 Å². The lowest BCUT2D eigenvalue weighted by Gasteiger charge is -2.06. The first kappa shape index (κ1) is 17.5. The molecule has 0 amide bonds. The molecule has 0 saturated carbocycles. The maximum atomic E-state index is 12.2. The van der Waals surface area contributed by atoms with Crippen molar-refractivity contribution in [2.75, 3.05) is 0 Å². The van der Waals surface area contributed by atoms with E-state index in [1.54, 1.807) is 30.3 Å². The molecule has 4 rings (SSSR count). The first-order valence-corrected chi connectivity index (χ1v) is 8.54. The number of hydrogen-bond donors (Lipinski definition) is 0. The van der Waals surface area contributed by atoms with Crippen molar-refractivity contribution in [1.29, 1.82) is 0 Å². The average Bonchev–Trinajstić information content (AvgIpc) is 3.35. The molecule has 0 bridgehead atoms. The maximum absolute atomic E-state index is 12.2. The van der Waals surface area contributed by atoms with Gasteiger partial charge in [-0.25, -0.2) is 14.6 Å². The van der Waals surface area contributed by atoms with E-state index in [0.29, 0.717) is 11.1 Å². The molecule has 0 spiro atoms. The number of ether oxygens (including phenoxy) is 2. The van der Waals surface area contributed by atoms with Gasteiger partial charge in [0.05, 0.1) is 6.26 Å². The van der Waals surface area contributed by atoms with Crippen LogP contribution in [0.2, 0.25) is 0 Å². The zero-order valence-electron chi connectivity index (χ0n) is 14.9. The van der Waals surface area contributed by atoms with Crippen LogP contribution >= 0.6 is 0 Å². The number of carbonyl (C=O) groups is 2. The Morgan fingerprint density at radius 2 is 1.82 bits per heavy atom. The van der Waals surface area contributed by atoms with Gasteiger partial charge in [-0.1, -0.05) is 35.9 Å². The molecule has 0 unspecified atom stereocenters. The topological polar surface area (TPSA) is 78.1 Å². The molecule has 1 aromatic heterocycles. The number of para-hydroxylation sites is 1. The van der Waals surface area contributed by atoms with Crippen LogP contribution in [0.5, 0.6) is 5.75 Å². The molecule has 138 valence electrons. The van der Waals surface area contributed by atoms with E-state index in [-0.39, 0.29) is 23.1 Å². The standard InChI is InChI=1S/C22H15NO5/c1-14-8-10-15(11-9-14)20-23-17(21(24)28-20)13-16-5-2-3-6-18(16)27-22(25)19-7-4-12-26-19/h2-13H,1H3/b17-13+. The normalized spacial score (nSPS) is 14.7. The van der Waals surface area contributed by atoms with E-state index in [1.165, 1.54) is 18.4 Å². The molecule has 0 N–H and O–H groups in total. The van der Waals surface area contributed by atoms with Gasteiger partial charge in [-0.3, -0.25) is 0 Å². The Kier molecular flexibility index (Phi) is 4.60. The minimum absolute atomic E-state index is 0.0856. The van der Waals surface area contributed by atoms with Crippen molar-refractivity contribution in [2.24, 2.45) is 4.99 Å². The summed E-state index contributed by atoms with van der Waals surface area (Å²) in [6.45, 7) is 1.97. The van der Waals surface area contributed by atoms with Gasteiger partial charge < -0.3 is 13.9 Å². The van der Waals surface area contributed by atoms with Crippen molar-refractivity contribution < 1.29 is 23.5 Å². The van der Waals surface area contributed by atoms with Crippen LogP contribution in [-0.4, -0.2) is 17.8 Å². The zero-order chi connectivity index (χ0) is 19.5. The highest BCUT2D eigenvalue weighted by molar-refractivity contribution is 6.13. The molecule has 28 heavy (non-hydrogen) atoms. The second kappa shape index (κ2) is 7.36. The summed E-state index contributed by atoms with van der Waals surface area (Å²) in [6, 6.07) is 17.4. The summed E-state index contributed by atoms with van der Waals surface area (Å²) < 4.78 is 15.7. The summed E-state index contributed by atoms with van der Waals surface area (Å²) in [4.78, 5) is 28.6. The number of benzene rings is 2. The van der Waals surface area contributed by atoms with Crippen molar-refractivity contribution in [1.82, 2.24) is 0 Å². The van der Waals surface area contributed by atoms with Crippen molar-refractivity contribution in [3.63, 3.8) is 0 Å². The number of aliphatic imine (C=N–C) groups is 1. The van der Waals surface area contributed by atoms with Crippen LogP contribution in [-0.2, 0) is 9.53 Å². The van der Waals surface area contributed by atoms with Crippen molar-refractivity contribution in [3.8, 4) is 5.75 Å². The van der Waals surface area contributed by atoms with Gasteiger partial charge >= 0.3 is 11.9 Å². The second-order valence-corrected chi connectivity index (χ2v) is 6.11. The Morgan fingerprint density at radius 3 is 2.57 bits per heavy atom. The molecule has 0 radical (unpaired) electrons. The molecule has 3 aromatic rings. The Bertz CT molecular complexity index is 1090. The molecule has 0 fully saturated rings. The fourth-order valence-electron chi connectivity index (χ4n) is 2.61. The number of aryl methyl sites for hydroxylation is 1. The minimum Gasteiger partial charge on any atom is -0.457 e. The predicted octanol–water partition coefficient (Wildman–Crippen LogP) is 4.15. The summed E-state index contributed by atoms with van der Waals surface area (Å²) in [5.41, 5.74) is 2.44. The van der Waals surface area contributed by atoms with Crippen LogP contribution in [0.15, 0.2) is 82.0 Å². The molecule has 6 nitrogen and oxygen atoms in total. The number of nitrogens with zero attached hydrogens (tertiary/aromatic N) is 1. The molecule has 6 heteroatoms. The van der Waals surface area contributed by atoms with E-state index < -0.39 is 11.9 Å². The van der Waals surface area contributed by atoms with Gasteiger partial charge in [-0.05, 0) is 43.3 Å². The van der Waals surface area contributed by atoms with E-state index in [0.717, 1.165) is 5.56 Å². The van der Waals surface area contributed by atoms with Crippen LogP contribution in [0.4, 0.5) is 0 Å². The van der Waals surface area contributed by atoms with Crippen molar-refractivity contribution in [2.45, 2.75) is 6.92 Å². The largest absolute Gasteiger partial charge is 0.457 e. The third kappa shape index (κ3) is 3.61. The molecule has 2 heterocycles. The minimum atomic E-state index is -0.631. The summed E-state index contributed by atoms with van der Waals surface area (Å²) in [5.74, 6) is -0.594. The van der Waals surface area contributed by atoms with Crippen LogP contribution in [0.3, 0.4) is 0 Å². The second-order valence-electron chi connectivity index (χ2n) is 6.11. The highest BCUT2D eigenvalue weighted by Crippen LogP contribution is 2.25. The van der Waals surface area contributed by atoms with Gasteiger partial charge in [0.2, 0.25) is 11.7 Å². The number of hydrogen-bond acceptors (Lipinski definition) is 6. The van der Waals surface area contributed by atoms with Gasteiger partial charge in [-0.2, -0.15) is 0 Å².